The van der Waals surface area contributed by atoms with Gasteiger partial charge in [-0.25, -0.2) is 9.97 Å². The maximum absolute atomic E-state index is 12.6. The first-order chi connectivity index (χ1) is 13.0. The molecule has 6 nitrogen and oxygen atoms in total. The third-order valence-corrected chi connectivity index (χ3v) is 4.83. The molecule has 1 amide bonds. The number of hydrogen-bond donors (Lipinski definition) is 1. The van der Waals surface area contributed by atoms with Crippen LogP contribution in [0.25, 0.3) is 11.0 Å². The number of anilines is 1. The molecule has 0 aliphatic carbocycles. The standard InChI is InChI=1S/C21H25N5O/c1-4-9-23-21(27)16(11-22)19-20(26-12-14(2)10-15(3)13-26)25-18-8-6-5-7-17(18)24-19/h4-8,14-16H,1,9-10,12-13H2,2-3H3,(H,23,27)/t14-,15-,16+/m0/s1. The van der Waals surface area contributed by atoms with E-state index in [1.54, 1.807) is 6.08 Å². The van der Waals surface area contributed by atoms with E-state index in [0.717, 1.165) is 25.0 Å². The number of para-hydroxylation sites is 2. The minimum Gasteiger partial charge on any atom is -0.355 e. The molecule has 0 unspecified atom stereocenters. The zero-order chi connectivity index (χ0) is 19.4. The van der Waals surface area contributed by atoms with E-state index in [9.17, 15) is 10.1 Å². The number of rotatable bonds is 5. The maximum atomic E-state index is 12.6. The second kappa shape index (κ2) is 8.17. The summed E-state index contributed by atoms with van der Waals surface area (Å²) in [6, 6.07) is 9.68. The summed E-state index contributed by atoms with van der Waals surface area (Å²) >= 11 is 0. The van der Waals surface area contributed by atoms with E-state index in [-0.39, 0.29) is 5.91 Å². The number of aromatic nitrogens is 2. The summed E-state index contributed by atoms with van der Waals surface area (Å²) in [6.45, 7) is 10.0. The van der Waals surface area contributed by atoms with Gasteiger partial charge in [-0.15, -0.1) is 6.58 Å². The van der Waals surface area contributed by atoms with Crippen LogP contribution in [0.4, 0.5) is 5.82 Å². The van der Waals surface area contributed by atoms with E-state index in [1.165, 1.54) is 0 Å². The van der Waals surface area contributed by atoms with E-state index in [0.29, 0.717) is 35.4 Å². The van der Waals surface area contributed by atoms with Crippen molar-refractivity contribution < 1.29 is 4.79 Å². The molecular weight excluding hydrogens is 338 g/mol. The van der Waals surface area contributed by atoms with E-state index in [4.69, 9.17) is 4.98 Å². The fraction of sp³-hybridized carbons (Fsp3) is 0.429. The molecule has 2 aromatic rings. The topological polar surface area (TPSA) is 81.9 Å². The Morgan fingerprint density at radius 2 is 1.96 bits per heavy atom. The van der Waals surface area contributed by atoms with Gasteiger partial charge < -0.3 is 10.2 Å². The molecule has 0 spiro atoms. The number of nitrogens with one attached hydrogen (secondary N) is 1. The molecule has 0 saturated carbocycles. The fourth-order valence-electron chi connectivity index (χ4n) is 3.79. The molecular formula is C21H25N5O. The van der Waals surface area contributed by atoms with Crippen molar-refractivity contribution in [2.24, 2.45) is 11.8 Å². The van der Waals surface area contributed by atoms with Crippen LogP contribution in [0.15, 0.2) is 36.9 Å². The van der Waals surface area contributed by atoms with Crippen molar-refractivity contribution in [1.82, 2.24) is 15.3 Å². The van der Waals surface area contributed by atoms with Crippen LogP contribution in [0.3, 0.4) is 0 Å². The lowest BCUT2D eigenvalue weighted by molar-refractivity contribution is -0.121. The number of carbonyl (C=O) groups is 1. The zero-order valence-corrected chi connectivity index (χ0v) is 15.9. The summed E-state index contributed by atoms with van der Waals surface area (Å²) < 4.78 is 0. The van der Waals surface area contributed by atoms with E-state index in [2.05, 4.69) is 41.7 Å². The zero-order valence-electron chi connectivity index (χ0n) is 15.9. The van der Waals surface area contributed by atoms with Gasteiger partial charge in [-0.3, -0.25) is 4.79 Å². The van der Waals surface area contributed by atoms with Crippen LogP contribution in [-0.4, -0.2) is 35.5 Å². The van der Waals surface area contributed by atoms with Crippen molar-refractivity contribution in [3.8, 4) is 6.07 Å². The third-order valence-electron chi connectivity index (χ3n) is 4.83. The number of piperidine rings is 1. The van der Waals surface area contributed by atoms with Crippen LogP contribution in [0.1, 0.15) is 31.9 Å². The van der Waals surface area contributed by atoms with Gasteiger partial charge >= 0.3 is 0 Å². The molecule has 1 aromatic heterocycles. The molecule has 1 fully saturated rings. The van der Waals surface area contributed by atoms with Crippen LogP contribution < -0.4 is 10.2 Å². The van der Waals surface area contributed by atoms with Gasteiger partial charge in [0.05, 0.1) is 17.1 Å². The molecule has 3 atom stereocenters. The highest BCUT2D eigenvalue weighted by Crippen LogP contribution is 2.31. The van der Waals surface area contributed by atoms with E-state index in [1.807, 2.05) is 24.3 Å². The Hall–Kier alpha value is -2.94. The van der Waals surface area contributed by atoms with Crippen molar-refractivity contribution in [2.45, 2.75) is 26.2 Å². The first-order valence-electron chi connectivity index (χ1n) is 9.33. The van der Waals surface area contributed by atoms with Crippen LogP contribution >= 0.6 is 0 Å². The van der Waals surface area contributed by atoms with E-state index < -0.39 is 5.92 Å². The third kappa shape index (κ3) is 4.08. The van der Waals surface area contributed by atoms with Crippen LogP contribution in [0.5, 0.6) is 0 Å². The highest BCUT2D eigenvalue weighted by atomic mass is 16.1. The Morgan fingerprint density at radius 3 is 2.56 bits per heavy atom. The second-order valence-corrected chi connectivity index (χ2v) is 7.37. The molecule has 27 heavy (non-hydrogen) atoms. The molecule has 0 radical (unpaired) electrons. The Balaban J connectivity index is 2.09. The molecule has 0 bridgehead atoms. The molecule has 140 valence electrons. The van der Waals surface area contributed by atoms with Crippen LogP contribution in [0.2, 0.25) is 0 Å². The quantitative estimate of drug-likeness (QED) is 0.826. The Bertz CT molecular complexity index is 878. The Kier molecular flexibility index (Phi) is 5.70. The first-order valence-corrected chi connectivity index (χ1v) is 9.33. The normalized spacial score (nSPS) is 20.7. The summed E-state index contributed by atoms with van der Waals surface area (Å²) in [4.78, 5) is 24.2. The summed E-state index contributed by atoms with van der Waals surface area (Å²) in [5.41, 5.74) is 1.88. The van der Waals surface area contributed by atoms with Gasteiger partial charge in [-0.05, 0) is 30.4 Å². The lowest BCUT2D eigenvalue weighted by Crippen LogP contribution is -2.40. The first kappa shape index (κ1) is 18.8. The summed E-state index contributed by atoms with van der Waals surface area (Å²) in [5.74, 6) is 0.299. The minimum atomic E-state index is -1.01. The second-order valence-electron chi connectivity index (χ2n) is 7.37. The number of hydrogen-bond acceptors (Lipinski definition) is 5. The molecule has 1 saturated heterocycles. The summed E-state index contributed by atoms with van der Waals surface area (Å²) in [6.07, 6.45) is 2.75. The lowest BCUT2D eigenvalue weighted by Gasteiger charge is -2.36. The largest absolute Gasteiger partial charge is 0.355 e. The van der Waals surface area contributed by atoms with Gasteiger partial charge in [-0.1, -0.05) is 32.1 Å². The number of carbonyl (C=O) groups excluding carboxylic acids is 1. The smallest absolute Gasteiger partial charge is 0.243 e. The van der Waals surface area contributed by atoms with Gasteiger partial charge in [0.1, 0.15) is 5.69 Å². The van der Waals surface area contributed by atoms with Crippen LogP contribution in [0, 0.1) is 23.2 Å². The highest BCUT2D eigenvalue weighted by molar-refractivity contribution is 5.89. The van der Waals surface area contributed by atoms with Gasteiger partial charge in [0.2, 0.25) is 5.91 Å². The highest BCUT2D eigenvalue weighted by Gasteiger charge is 2.31. The molecule has 1 aromatic carbocycles. The molecule has 1 aliphatic heterocycles. The molecule has 6 heteroatoms. The van der Waals surface area contributed by atoms with Crippen LogP contribution in [-0.2, 0) is 4.79 Å². The molecule has 1 aliphatic rings. The Labute approximate surface area is 159 Å². The number of nitriles is 1. The van der Waals surface area contributed by atoms with Gasteiger partial charge in [0.25, 0.3) is 0 Å². The number of amides is 1. The number of fused-ring (bicyclic) bond motifs is 1. The van der Waals surface area contributed by atoms with Crippen molar-refractivity contribution in [1.29, 1.82) is 5.26 Å². The molecule has 3 rings (SSSR count). The predicted molar refractivity (Wildman–Crippen MR) is 106 cm³/mol. The summed E-state index contributed by atoms with van der Waals surface area (Å²) in [7, 11) is 0. The van der Waals surface area contributed by atoms with Gasteiger partial charge in [0.15, 0.2) is 11.7 Å². The maximum Gasteiger partial charge on any atom is 0.243 e. The average molecular weight is 363 g/mol. The van der Waals surface area contributed by atoms with Crippen molar-refractivity contribution >= 4 is 22.8 Å². The molecule has 2 heterocycles. The minimum absolute atomic E-state index is 0.311. The van der Waals surface area contributed by atoms with Gasteiger partial charge in [0, 0.05) is 19.6 Å². The fourth-order valence-corrected chi connectivity index (χ4v) is 3.79. The average Bonchev–Trinajstić information content (AvgIpc) is 2.65. The monoisotopic (exact) mass is 363 g/mol. The predicted octanol–water partition coefficient (Wildman–Crippen LogP) is 3.02. The SMILES string of the molecule is C=CCNC(=O)[C@H](C#N)c1nc2ccccc2nc1N1C[C@@H](C)C[C@H](C)C1. The molecule has 1 N–H and O–H groups in total. The summed E-state index contributed by atoms with van der Waals surface area (Å²) in [5, 5.41) is 12.4. The van der Waals surface area contributed by atoms with Crippen molar-refractivity contribution in [2.75, 3.05) is 24.5 Å². The van der Waals surface area contributed by atoms with Gasteiger partial charge in [-0.2, -0.15) is 5.26 Å². The van der Waals surface area contributed by atoms with E-state index >= 15 is 0 Å². The number of benzene rings is 1. The Morgan fingerprint density at radius 1 is 1.33 bits per heavy atom. The number of nitrogens with zero attached hydrogens (tertiary/aromatic N) is 4. The lowest BCUT2D eigenvalue weighted by atomic mass is 9.91. The van der Waals surface area contributed by atoms with Crippen molar-refractivity contribution in [3.63, 3.8) is 0 Å². The van der Waals surface area contributed by atoms with Crippen molar-refractivity contribution in [3.05, 3.63) is 42.6 Å².